The van der Waals surface area contributed by atoms with E-state index in [1.165, 1.54) is 11.1 Å². The Balaban J connectivity index is 1.94. The van der Waals surface area contributed by atoms with Gasteiger partial charge in [-0.2, -0.15) is 0 Å². The first-order chi connectivity index (χ1) is 11.7. The monoisotopic (exact) mass is 389 g/mol. The van der Waals surface area contributed by atoms with Crippen LogP contribution in [0.5, 0.6) is 17.2 Å². The van der Waals surface area contributed by atoms with Crippen molar-refractivity contribution in [3.05, 3.63) is 51.5 Å². The second-order valence-electron chi connectivity index (χ2n) is 5.58. The van der Waals surface area contributed by atoms with Gasteiger partial charge in [-0.1, -0.05) is 15.9 Å². The van der Waals surface area contributed by atoms with Gasteiger partial charge in [0.25, 0.3) is 0 Å². The van der Waals surface area contributed by atoms with Gasteiger partial charge in [0, 0.05) is 23.1 Å². The standard InChI is InChI=1S/C19H20BrNO3/c1-22-14-4-5-15-12(8-14)6-7-21-17(15)9-13-10-18(23-2)19(24-3)11-16(13)20/h4-5,8,10-11H,6-7,9H2,1-3H3. The Morgan fingerprint density at radius 2 is 1.75 bits per heavy atom. The first-order valence-electron chi connectivity index (χ1n) is 7.77. The Morgan fingerprint density at radius 1 is 1.00 bits per heavy atom. The molecule has 1 aliphatic heterocycles. The molecule has 0 N–H and O–H groups in total. The first kappa shape index (κ1) is 16.8. The second kappa shape index (κ2) is 7.26. The molecule has 0 bridgehead atoms. The lowest BCUT2D eigenvalue weighted by Crippen LogP contribution is -2.15. The molecule has 0 spiro atoms. The minimum atomic E-state index is 0.712. The second-order valence-corrected chi connectivity index (χ2v) is 6.43. The van der Waals surface area contributed by atoms with Crippen LogP contribution in [0.2, 0.25) is 0 Å². The summed E-state index contributed by atoms with van der Waals surface area (Å²) in [4.78, 5) is 4.74. The molecule has 1 heterocycles. The highest BCUT2D eigenvalue weighted by Gasteiger charge is 2.18. The molecule has 24 heavy (non-hydrogen) atoms. The lowest BCUT2D eigenvalue weighted by atomic mass is 9.93. The topological polar surface area (TPSA) is 40.0 Å². The maximum Gasteiger partial charge on any atom is 0.161 e. The molecule has 0 atom stereocenters. The number of hydrogen-bond acceptors (Lipinski definition) is 4. The summed E-state index contributed by atoms with van der Waals surface area (Å²) in [5, 5.41) is 0. The van der Waals surface area contributed by atoms with E-state index in [9.17, 15) is 0 Å². The zero-order valence-electron chi connectivity index (χ0n) is 14.1. The van der Waals surface area contributed by atoms with E-state index in [2.05, 4.69) is 28.1 Å². The summed E-state index contributed by atoms with van der Waals surface area (Å²) in [6.07, 6.45) is 1.68. The molecule has 2 aromatic carbocycles. The summed E-state index contributed by atoms with van der Waals surface area (Å²) in [6.45, 7) is 0.806. The van der Waals surface area contributed by atoms with Crippen molar-refractivity contribution in [1.82, 2.24) is 0 Å². The number of rotatable bonds is 5. The fourth-order valence-corrected chi connectivity index (χ4v) is 3.41. The smallest absolute Gasteiger partial charge is 0.161 e. The van der Waals surface area contributed by atoms with Crippen molar-refractivity contribution in [2.24, 2.45) is 4.99 Å². The van der Waals surface area contributed by atoms with Gasteiger partial charge >= 0.3 is 0 Å². The van der Waals surface area contributed by atoms with Crippen molar-refractivity contribution >= 4 is 21.6 Å². The molecule has 0 aromatic heterocycles. The third-order valence-electron chi connectivity index (χ3n) is 4.22. The highest BCUT2D eigenvalue weighted by molar-refractivity contribution is 9.10. The summed E-state index contributed by atoms with van der Waals surface area (Å²) in [5.74, 6) is 2.33. The van der Waals surface area contributed by atoms with Crippen molar-refractivity contribution in [3.8, 4) is 17.2 Å². The minimum absolute atomic E-state index is 0.712. The summed E-state index contributed by atoms with van der Waals surface area (Å²) >= 11 is 3.63. The Kier molecular flexibility index (Phi) is 5.09. The van der Waals surface area contributed by atoms with Crippen LogP contribution in [0.3, 0.4) is 0 Å². The van der Waals surface area contributed by atoms with Crippen LogP contribution >= 0.6 is 15.9 Å². The van der Waals surface area contributed by atoms with Crippen molar-refractivity contribution in [2.75, 3.05) is 27.9 Å². The van der Waals surface area contributed by atoms with E-state index in [0.29, 0.717) is 5.75 Å². The van der Waals surface area contributed by atoms with Gasteiger partial charge in [-0.3, -0.25) is 4.99 Å². The molecular weight excluding hydrogens is 370 g/mol. The van der Waals surface area contributed by atoms with E-state index in [4.69, 9.17) is 19.2 Å². The number of benzene rings is 2. The Morgan fingerprint density at radius 3 is 2.46 bits per heavy atom. The maximum atomic E-state index is 5.42. The number of fused-ring (bicyclic) bond motifs is 1. The van der Waals surface area contributed by atoms with Crippen molar-refractivity contribution in [2.45, 2.75) is 12.8 Å². The summed E-state index contributed by atoms with van der Waals surface area (Å²) in [6, 6.07) is 10.1. The molecule has 0 fully saturated rings. The third-order valence-corrected chi connectivity index (χ3v) is 4.96. The number of methoxy groups -OCH3 is 3. The lowest BCUT2D eigenvalue weighted by molar-refractivity contribution is 0.354. The number of ether oxygens (including phenoxy) is 3. The van der Waals surface area contributed by atoms with Crippen LogP contribution < -0.4 is 14.2 Å². The van der Waals surface area contributed by atoms with Crippen LogP contribution in [0.1, 0.15) is 16.7 Å². The summed E-state index contributed by atoms with van der Waals surface area (Å²) in [7, 11) is 4.98. The van der Waals surface area contributed by atoms with E-state index in [1.54, 1.807) is 21.3 Å². The van der Waals surface area contributed by atoms with Crippen molar-refractivity contribution in [1.29, 1.82) is 0 Å². The molecule has 5 heteroatoms. The van der Waals surface area contributed by atoms with Crippen molar-refractivity contribution < 1.29 is 14.2 Å². The largest absolute Gasteiger partial charge is 0.497 e. The highest BCUT2D eigenvalue weighted by atomic mass is 79.9. The molecule has 0 saturated heterocycles. The van der Waals surface area contributed by atoms with E-state index in [-0.39, 0.29) is 0 Å². The van der Waals surface area contributed by atoms with E-state index in [1.807, 2.05) is 18.2 Å². The summed E-state index contributed by atoms with van der Waals surface area (Å²) < 4.78 is 17.1. The lowest BCUT2D eigenvalue weighted by Gasteiger charge is -2.19. The van der Waals surface area contributed by atoms with E-state index < -0.39 is 0 Å². The average molecular weight is 390 g/mol. The molecule has 2 aromatic rings. The number of nitrogens with zero attached hydrogens (tertiary/aromatic N) is 1. The Labute approximate surface area is 150 Å². The molecule has 3 rings (SSSR count). The molecule has 126 valence electrons. The number of halogens is 1. The van der Waals surface area contributed by atoms with Crippen LogP contribution in [0.4, 0.5) is 0 Å². The quantitative estimate of drug-likeness (QED) is 0.773. The molecular formula is C19H20BrNO3. The fraction of sp³-hybridized carbons (Fsp3) is 0.316. The van der Waals surface area contributed by atoms with Gasteiger partial charge in [0.2, 0.25) is 0 Å². The first-order valence-corrected chi connectivity index (χ1v) is 8.56. The molecule has 0 aliphatic carbocycles. The zero-order chi connectivity index (χ0) is 17.1. The van der Waals surface area contributed by atoms with E-state index >= 15 is 0 Å². The van der Waals surface area contributed by atoms with Gasteiger partial charge in [0.1, 0.15) is 5.75 Å². The third kappa shape index (κ3) is 3.26. The van der Waals surface area contributed by atoms with Crippen LogP contribution in [-0.2, 0) is 12.8 Å². The predicted octanol–water partition coefficient (Wildman–Crippen LogP) is 4.06. The molecule has 0 unspecified atom stereocenters. The molecule has 0 saturated carbocycles. The average Bonchev–Trinajstić information content (AvgIpc) is 2.62. The molecule has 0 amide bonds. The normalized spacial score (nSPS) is 13.1. The van der Waals surface area contributed by atoms with Gasteiger partial charge in [0.05, 0.1) is 21.3 Å². The Hall–Kier alpha value is -2.01. The van der Waals surface area contributed by atoms with Crippen molar-refractivity contribution in [3.63, 3.8) is 0 Å². The van der Waals surface area contributed by atoms with Crippen LogP contribution in [0.25, 0.3) is 0 Å². The molecule has 1 aliphatic rings. The zero-order valence-corrected chi connectivity index (χ0v) is 15.6. The van der Waals surface area contributed by atoms with Crippen LogP contribution in [0, 0.1) is 0 Å². The predicted molar refractivity (Wildman–Crippen MR) is 99.1 cm³/mol. The van der Waals surface area contributed by atoms with Gasteiger partial charge in [-0.25, -0.2) is 0 Å². The van der Waals surface area contributed by atoms with Gasteiger partial charge in [-0.05, 0) is 53.4 Å². The maximum absolute atomic E-state index is 5.42. The van der Waals surface area contributed by atoms with Crippen LogP contribution in [0.15, 0.2) is 39.8 Å². The highest BCUT2D eigenvalue weighted by Crippen LogP contribution is 2.34. The number of aliphatic imine (C=N–C) groups is 1. The number of hydrogen-bond donors (Lipinski definition) is 0. The molecule has 0 radical (unpaired) electrons. The fourth-order valence-electron chi connectivity index (χ4n) is 2.95. The SMILES string of the molecule is COc1ccc2c(c1)CCN=C2Cc1cc(OC)c(OC)cc1Br. The molecule has 4 nitrogen and oxygen atoms in total. The minimum Gasteiger partial charge on any atom is -0.497 e. The Bertz CT molecular complexity index is 786. The van der Waals surface area contributed by atoms with Gasteiger partial charge < -0.3 is 14.2 Å². The van der Waals surface area contributed by atoms with Crippen LogP contribution in [-0.4, -0.2) is 33.6 Å². The van der Waals surface area contributed by atoms with E-state index in [0.717, 1.165) is 46.6 Å². The van der Waals surface area contributed by atoms with Gasteiger partial charge in [0.15, 0.2) is 11.5 Å². The summed E-state index contributed by atoms with van der Waals surface area (Å²) in [5.41, 5.74) is 4.70. The van der Waals surface area contributed by atoms with Gasteiger partial charge in [-0.15, -0.1) is 0 Å².